The van der Waals surface area contributed by atoms with E-state index in [1.807, 2.05) is 12.3 Å². The second-order valence-corrected chi connectivity index (χ2v) is 8.19. The molecule has 4 rings (SSSR count). The summed E-state index contributed by atoms with van der Waals surface area (Å²) in [6.45, 7) is 1.88. The number of carbonyl (C=O) groups is 1. The summed E-state index contributed by atoms with van der Waals surface area (Å²) in [7, 11) is 0. The second kappa shape index (κ2) is 8.18. The van der Waals surface area contributed by atoms with E-state index < -0.39 is 0 Å². The van der Waals surface area contributed by atoms with E-state index in [-0.39, 0.29) is 23.2 Å². The van der Waals surface area contributed by atoms with E-state index in [0.29, 0.717) is 10.7 Å². The van der Waals surface area contributed by atoms with Gasteiger partial charge in [-0.3, -0.25) is 4.79 Å². The first kappa shape index (κ1) is 19.4. The third kappa shape index (κ3) is 4.23. The molecule has 2 heterocycles. The number of hydrogen-bond donors (Lipinski definition) is 2. The minimum atomic E-state index is -0.296. The largest absolute Gasteiger partial charge is 0.506 e. The lowest BCUT2D eigenvalue weighted by molar-refractivity contribution is -0.113. The van der Waals surface area contributed by atoms with Gasteiger partial charge in [0, 0.05) is 10.9 Å². The molecule has 0 saturated heterocycles. The Hall–Kier alpha value is -2.97. The van der Waals surface area contributed by atoms with E-state index >= 15 is 0 Å². The maximum Gasteiger partial charge on any atom is 0.234 e. The van der Waals surface area contributed by atoms with Gasteiger partial charge in [-0.05, 0) is 42.3 Å². The molecule has 5 nitrogen and oxygen atoms in total. The lowest BCUT2D eigenvalue weighted by Gasteiger charge is -2.09. The molecule has 2 aromatic heterocycles. The first-order valence-corrected chi connectivity index (χ1v) is 10.6. The highest BCUT2D eigenvalue weighted by atomic mass is 32.2. The number of aromatic nitrogens is 2. The fraction of sp³-hybridized carbons (Fsp3) is 0.0952. The predicted octanol–water partition coefficient (Wildman–Crippen LogP) is 5.24. The first-order valence-electron chi connectivity index (χ1n) is 8.71. The summed E-state index contributed by atoms with van der Waals surface area (Å²) in [4.78, 5) is 21.9. The van der Waals surface area contributed by atoms with Crippen LogP contribution in [0.1, 0.15) is 5.56 Å². The molecule has 29 heavy (non-hydrogen) atoms. The summed E-state index contributed by atoms with van der Waals surface area (Å²) < 4.78 is 13.3. The van der Waals surface area contributed by atoms with Crippen LogP contribution in [0.25, 0.3) is 21.3 Å². The topological polar surface area (TPSA) is 75.1 Å². The van der Waals surface area contributed by atoms with Crippen molar-refractivity contribution in [3.63, 3.8) is 0 Å². The Balaban J connectivity index is 1.56. The van der Waals surface area contributed by atoms with Crippen molar-refractivity contribution in [2.45, 2.75) is 11.9 Å². The van der Waals surface area contributed by atoms with Gasteiger partial charge >= 0.3 is 0 Å². The monoisotopic (exact) mass is 425 g/mol. The molecule has 2 N–H and O–H groups in total. The van der Waals surface area contributed by atoms with Crippen molar-refractivity contribution in [1.82, 2.24) is 9.97 Å². The first-order chi connectivity index (χ1) is 14.0. The second-order valence-electron chi connectivity index (χ2n) is 6.37. The molecule has 0 unspecified atom stereocenters. The van der Waals surface area contributed by atoms with Crippen molar-refractivity contribution in [3.05, 3.63) is 65.6 Å². The number of benzene rings is 2. The number of nitrogens with zero attached hydrogens (tertiary/aromatic N) is 2. The van der Waals surface area contributed by atoms with Crippen LogP contribution in [0, 0.1) is 12.7 Å². The normalized spacial score (nSPS) is 11.0. The molecule has 0 fully saturated rings. The number of hydrogen-bond acceptors (Lipinski definition) is 6. The quantitative estimate of drug-likeness (QED) is 0.260. The highest BCUT2D eigenvalue weighted by Gasteiger charge is 2.15. The molecule has 0 saturated carbocycles. The Morgan fingerprint density at radius 3 is 2.79 bits per heavy atom. The molecule has 0 bridgehead atoms. The Morgan fingerprint density at radius 2 is 2.00 bits per heavy atom. The fourth-order valence-corrected chi connectivity index (χ4v) is 4.66. The summed E-state index contributed by atoms with van der Waals surface area (Å²) in [6.07, 6.45) is 1.47. The van der Waals surface area contributed by atoms with E-state index in [4.69, 9.17) is 0 Å². The third-order valence-electron chi connectivity index (χ3n) is 4.26. The number of rotatable bonds is 5. The van der Waals surface area contributed by atoms with Crippen molar-refractivity contribution in [1.29, 1.82) is 0 Å². The van der Waals surface area contributed by atoms with Crippen molar-refractivity contribution in [3.8, 4) is 16.9 Å². The van der Waals surface area contributed by atoms with Crippen molar-refractivity contribution in [2.75, 3.05) is 11.1 Å². The Bertz CT molecular complexity index is 1190. The van der Waals surface area contributed by atoms with E-state index in [0.717, 1.165) is 26.9 Å². The molecule has 0 aliphatic heterocycles. The molecule has 146 valence electrons. The van der Waals surface area contributed by atoms with Gasteiger partial charge in [-0.25, -0.2) is 14.4 Å². The van der Waals surface area contributed by atoms with Gasteiger partial charge in [0.05, 0.1) is 16.8 Å². The molecular formula is C21H16FN3O2S2. The zero-order valence-corrected chi connectivity index (χ0v) is 17.0. The van der Waals surface area contributed by atoms with Crippen molar-refractivity contribution in [2.24, 2.45) is 0 Å². The number of halogens is 1. The van der Waals surface area contributed by atoms with E-state index in [2.05, 4.69) is 15.3 Å². The van der Waals surface area contributed by atoms with Gasteiger partial charge in [-0.15, -0.1) is 11.3 Å². The number of phenolic OH excluding ortho intramolecular Hbond substituents is 1. The zero-order valence-electron chi connectivity index (χ0n) is 15.3. The van der Waals surface area contributed by atoms with Gasteiger partial charge in [0.25, 0.3) is 0 Å². The van der Waals surface area contributed by atoms with Gasteiger partial charge in [-0.1, -0.05) is 30.0 Å². The van der Waals surface area contributed by atoms with Crippen LogP contribution < -0.4 is 5.32 Å². The summed E-state index contributed by atoms with van der Waals surface area (Å²) in [5.74, 6) is -0.399. The van der Waals surface area contributed by atoms with Crippen molar-refractivity contribution < 1.29 is 14.3 Å². The smallest absolute Gasteiger partial charge is 0.234 e. The minimum absolute atomic E-state index is 0.0230. The Kier molecular flexibility index (Phi) is 5.46. The molecule has 4 aromatic rings. The number of fused-ring (bicyclic) bond motifs is 1. The molecule has 1 amide bonds. The summed E-state index contributed by atoms with van der Waals surface area (Å²) in [5, 5.41) is 16.1. The molecule has 0 aliphatic carbocycles. The molecule has 0 aliphatic rings. The molecule has 8 heteroatoms. The Labute approximate surface area is 174 Å². The van der Waals surface area contributed by atoms with E-state index in [1.54, 1.807) is 30.3 Å². The highest BCUT2D eigenvalue weighted by Crippen LogP contribution is 2.38. The molecule has 0 atom stereocenters. The van der Waals surface area contributed by atoms with E-state index in [1.165, 1.54) is 41.6 Å². The fourth-order valence-electron chi connectivity index (χ4n) is 2.87. The van der Waals surface area contributed by atoms with Crippen LogP contribution in [-0.2, 0) is 4.79 Å². The number of carbonyl (C=O) groups excluding carboxylic acids is 1. The van der Waals surface area contributed by atoms with Gasteiger partial charge in [0.2, 0.25) is 5.91 Å². The number of thiophene rings is 1. The number of phenols is 1. The molecule has 0 radical (unpaired) electrons. The molecular weight excluding hydrogens is 409 g/mol. The minimum Gasteiger partial charge on any atom is -0.506 e. The van der Waals surface area contributed by atoms with Crippen LogP contribution in [-0.4, -0.2) is 26.7 Å². The summed E-state index contributed by atoms with van der Waals surface area (Å²) >= 11 is 2.77. The number of nitrogens with one attached hydrogen (secondary N) is 1. The van der Waals surface area contributed by atoms with Gasteiger partial charge < -0.3 is 10.4 Å². The van der Waals surface area contributed by atoms with Crippen LogP contribution >= 0.6 is 23.1 Å². The SMILES string of the molecule is Cc1ccc(O)c(NC(=O)CSc2ncnc3scc(-c4ccc(F)cc4)c23)c1. The number of aromatic hydroxyl groups is 1. The van der Waals surface area contributed by atoms with Gasteiger partial charge in [0.1, 0.15) is 27.8 Å². The number of amides is 1. The molecule has 0 spiro atoms. The number of anilines is 1. The molecule has 2 aromatic carbocycles. The van der Waals surface area contributed by atoms with Crippen LogP contribution in [0.4, 0.5) is 10.1 Å². The standard InChI is InChI=1S/C21H16FN3O2S2/c1-12-2-7-17(26)16(8-12)25-18(27)10-29-21-19-15(9-28-20(19)23-11-24-21)13-3-5-14(22)6-4-13/h2-9,11,26H,10H2,1H3,(H,25,27). The lowest BCUT2D eigenvalue weighted by atomic mass is 10.1. The third-order valence-corrected chi connectivity index (χ3v) is 6.13. The maximum absolute atomic E-state index is 13.3. The van der Waals surface area contributed by atoms with E-state index in [9.17, 15) is 14.3 Å². The number of thioether (sulfide) groups is 1. The maximum atomic E-state index is 13.3. The Morgan fingerprint density at radius 1 is 1.21 bits per heavy atom. The average molecular weight is 426 g/mol. The zero-order chi connectivity index (χ0) is 20.4. The number of aryl methyl sites for hydroxylation is 1. The van der Waals surface area contributed by atoms with Crippen LogP contribution in [0.5, 0.6) is 5.75 Å². The predicted molar refractivity (Wildman–Crippen MR) is 115 cm³/mol. The highest BCUT2D eigenvalue weighted by molar-refractivity contribution is 8.00. The van der Waals surface area contributed by atoms with Crippen LogP contribution in [0.3, 0.4) is 0 Å². The van der Waals surface area contributed by atoms with Crippen LogP contribution in [0.2, 0.25) is 0 Å². The van der Waals surface area contributed by atoms with Gasteiger partial charge in [0.15, 0.2) is 0 Å². The lowest BCUT2D eigenvalue weighted by Crippen LogP contribution is -2.14. The van der Waals surface area contributed by atoms with Gasteiger partial charge in [-0.2, -0.15) is 0 Å². The summed E-state index contributed by atoms with van der Waals surface area (Å²) in [6, 6.07) is 11.3. The average Bonchev–Trinajstić information content (AvgIpc) is 3.14. The van der Waals surface area contributed by atoms with Crippen molar-refractivity contribution >= 4 is 44.9 Å². The van der Waals surface area contributed by atoms with Crippen LogP contribution in [0.15, 0.2) is 59.2 Å². The summed E-state index contributed by atoms with van der Waals surface area (Å²) in [5.41, 5.74) is 3.09.